The number of benzene rings is 2. The van der Waals surface area contributed by atoms with Gasteiger partial charge in [-0.3, -0.25) is 9.59 Å². The number of anilines is 1. The molecule has 2 aromatic carbocycles. The van der Waals surface area contributed by atoms with Crippen LogP contribution < -0.4 is 9.64 Å². The molecule has 2 amide bonds. The molecule has 6 nitrogen and oxygen atoms in total. The molecule has 1 saturated heterocycles. The highest BCUT2D eigenvalue weighted by Gasteiger charge is 2.36. The molecule has 7 heteroatoms. The second-order valence-electron chi connectivity index (χ2n) is 5.61. The quantitative estimate of drug-likeness (QED) is 0.809. The Labute approximate surface area is 154 Å². The first-order valence-electron chi connectivity index (χ1n) is 7.73. The predicted octanol–water partition coefficient (Wildman–Crippen LogP) is 3.70. The van der Waals surface area contributed by atoms with Gasteiger partial charge in [-0.05, 0) is 60.2 Å². The first-order chi connectivity index (χ1) is 12.4. The molecule has 0 spiro atoms. The van der Waals surface area contributed by atoms with E-state index >= 15 is 0 Å². The number of thioether (sulfide) groups is 1. The average molecular weight is 369 g/mol. The molecule has 0 aliphatic carbocycles. The van der Waals surface area contributed by atoms with Gasteiger partial charge >= 0.3 is 5.97 Å². The highest BCUT2D eigenvalue weighted by Crippen LogP contribution is 2.36. The lowest BCUT2D eigenvalue weighted by Gasteiger charge is -2.12. The number of carboxylic acid groups (broad SMARTS) is 1. The van der Waals surface area contributed by atoms with E-state index in [1.54, 1.807) is 48.5 Å². The van der Waals surface area contributed by atoms with Gasteiger partial charge in [-0.1, -0.05) is 24.3 Å². The second-order valence-corrected chi connectivity index (χ2v) is 6.60. The van der Waals surface area contributed by atoms with Gasteiger partial charge in [0.2, 0.25) is 0 Å². The third-order valence-electron chi connectivity index (χ3n) is 3.59. The summed E-state index contributed by atoms with van der Waals surface area (Å²) < 4.78 is 5.06. The van der Waals surface area contributed by atoms with E-state index in [2.05, 4.69) is 0 Å². The molecule has 0 atom stereocenters. The van der Waals surface area contributed by atoms with Crippen LogP contribution in [-0.4, -0.2) is 28.8 Å². The molecule has 1 heterocycles. The van der Waals surface area contributed by atoms with Gasteiger partial charge in [0.05, 0.1) is 10.6 Å². The van der Waals surface area contributed by atoms with Crippen LogP contribution in [0.1, 0.15) is 11.1 Å². The molecular weight excluding hydrogens is 354 g/mol. The lowest BCUT2D eigenvalue weighted by atomic mass is 10.2. The van der Waals surface area contributed by atoms with Crippen molar-refractivity contribution in [3.8, 4) is 5.75 Å². The van der Waals surface area contributed by atoms with E-state index in [4.69, 9.17) is 9.84 Å². The number of imide groups is 1. The third-order valence-corrected chi connectivity index (χ3v) is 4.46. The molecule has 2 aromatic rings. The zero-order chi connectivity index (χ0) is 18.7. The van der Waals surface area contributed by atoms with E-state index in [-0.39, 0.29) is 11.1 Å². The Morgan fingerprint density at radius 3 is 2.58 bits per heavy atom. The van der Waals surface area contributed by atoms with Crippen LogP contribution in [0.3, 0.4) is 0 Å². The van der Waals surface area contributed by atoms with Crippen LogP contribution in [-0.2, 0) is 9.59 Å². The molecule has 3 rings (SSSR count). The number of nitrogens with zero attached hydrogens (tertiary/aromatic N) is 1. The van der Waals surface area contributed by atoms with Crippen LogP contribution >= 0.6 is 11.8 Å². The van der Waals surface area contributed by atoms with E-state index in [1.807, 2.05) is 13.0 Å². The van der Waals surface area contributed by atoms with Gasteiger partial charge in [-0.15, -0.1) is 0 Å². The van der Waals surface area contributed by atoms with Gasteiger partial charge in [-0.25, -0.2) is 9.69 Å². The van der Waals surface area contributed by atoms with E-state index in [1.165, 1.54) is 0 Å². The van der Waals surface area contributed by atoms with E-state index in [0.29, 0.717) is 21.9 Å². The number of carboxylic acids is 1. The summed E-state index contributed by atoms with van der Waals surface area (Å²) in [6.45, 7) is 1.47. The fourth-order valence-electron chi connectivity index (χ4n) is 2.41. The minimum atomic E-state index is -1.06. The van der Waals surface area contributed by atoms with Crippen LogP contribution in [0.5, 0.6) is 5.75 Å². The number of rotatable bonds is 5. The van der Waals surface area contributed by atoms with Crippen molar-refractivity contribution in [2.45, 2.75) is 6.92 Å². The van der Waals surface area contributed by atoms with Crippen molar-refractivity contribution in [1.29, 1.82) is 0 Å². The Morgan fingerprint density at radius 1 is 1.19 bits per heavy atom. The number of hydrogen-bond donors (Lipinski definition) is 1. The Bertz CT molecular complexity index is 904. The molecular formula is C19H15NO5S. The Balaban J connectivity index is 1.78. The molecule has 1 aliphatic heterocycles. The first kappa shape index (κ1) is 17.8. The van der Waals surface area contributed by atoms with Crippen LogP contribution in [0, 0.1) is 6.92 Å². The van der Waals surface area contributed by atoms with Crippen molar-refractivity contribution in [2.75, 3.05) is 11.5 Å². The molecule has 0 unspecified atom stereocenters. The van der Waals surface area contributed by atoms with E-state index < -0.39 is 12.6 Å². The predicted molar refractivity (Wildman–Crippen MR) is 99.2 cm³/mol. The van der Waals surface area contributed by atoms with Gasteiger partial charge in [0.1, 0.15) is 5.75 Å². The number of hydrogen-bond acceptors (Lipinski definition) is 5. The van der Waals surface area contributed by atoms with Gasteiger partial charge in [-0.2, -0.15) is 0 Å². The number of carbonyl (C=O) groups excluding carboxylic acids is 2. The number of aryl methyl sites for hydroxylation is 1. The zero-order valence-corrected chi connectivity index (χ0v) is 14.7. The van der Waals surface area contributed by atoms with Gasteiger partial charge in [0.15, 0.2) is 6.61 Å². The Kier molecular flexibility index (Phi) is 5.09. The molecule has 26 heavy (non-hydrogen) atoms. The molecule has 1 fully saturated rings. The lowest BCUT2D eigenvalue weighted by Crippen LogP contribution is -2.27. The van der Waals surface area contributed by atoms with Crippen molar-refractivity contribution in [2.24, 2.45) is 0 Å². The summed E-state index contributed by atoms with van der Waals surface area (Å²) in [5.74, 6) is -1.01. The summed E-state index contributed by atoms with van der Waals surface area (Å²) in [4.78, 5) is 36.8. The molecule has 0 bridgehead atoms. The van der Waals surface area contributed by atoms with Crippen molar-refractivity contribution in [3.05, 3.63) is 64.6 Å². The fraction of sp³-hybridized carbons (Fsp3) is 0.105. The maximum Gasteiger partial charge on any atom is 0.341 e. The summed E-state index contributed by atoms with van der Waals surface area (Å²) in [6, 6.07) is 13.8. The molecule has 0 saturated carbocycles. The number of aliphatic carboxylic acids is 1. The Hall–Kier alpha value is -3.06. The van der Waals surface area contributed by atoms with Crippen molar-refractivity contribution >= 4 is 40.6 Å². The van der Waals surface area contributed by atoms with Crippen molar-refractivity contribution < 1.29 is 24.2 Å². The number of ether oxygens (including phenoxy) is 1. The summed E-state index contributed by atoms with van der Waals surface area (Å²) in [5.41, 5.74) is 2.22. The molecule has 0 aromatic heterocycles. The topological polar surface area (TPSA) is 83.9 Å². The lowest BCUT2D eigenvalue weighted by molar-refractivity contribution is -0.139. The monoisotopic (exact) mass is 369 g/mol. The van der Waals surface area contributed by atoms with Crippen LogP contribution in [0.2, 0.25) is 0 Å². The summed E-state index contributed by atoms with van der Waals surface area (Å²) in [7, 11) is 0. The summed E-state index contributed by atoms with van der Waals surface area (Å²) in [6.07, 6.45) is 1.63. The van der Waals surface area contributed by atoms with E-state index in [0.717, 1.165) is 22.2 Å². The molecule has 1 aliphatic rings. The number of amides is 2. The number of carbonyl (C=O) groups is 3. The highest BCUT2D eigenvalue weighted by atomic mass is 32.2. The minimum absolute atomic E-state index is 0.329. The average Bonchev–Trinajstić information content (AvgIpc) is 2.88. The van der Waals surface area contributed by atoms with Crippen molar-refractivity contribution in [1.82, 2.24) is 0 Å². The molecule has 1 N–H and O–H groups in total. The fourth-order valence-corrected chi connectivity index (χ4v) is 3.26. The van der Waals surface area contributed by atoms with Crippen LogP contribution in [0.15, 0.2) is 53.4 Å². The van der Waals surface area contributed by atoms with Crippen LogP contribution in [0.4, 0.5) is 10.5 Å². The minimum Gasteiger partial charge on any atom is -0.482 e. The summed E-state index contributed by atoms with van der Waals surface area (Å²) >= 11 is 0.885. The normalized spacial score (nSPS) is 15.6. The Morgan fingerprint density at radius 2 is 1.92 bits per heavy atom. The maximum atomic E-state index is 12.6. The molecule has 132 valence electrons. The van der Waals surface area contributed by atoms with Gasteiger partial charge in [0.25, 0.3) is 11.1 Å². The highest BCUT2D eigenvalue weighted by molar-refractivity contribution is 8.19. The first-order valence-corrected chi connectivity index (χ1v) is 8.55. The SMILES string of the molecule is Cc1cccc(N2C(=O)S/C(=C/c3ccc(OCC(=O)O)cc3)C2=O)c1. The zero-order valence-electron chi connectivity index (χ0n) is 13.8. The summed E-state index contributed by atoms with van der Waals surface area (Å²) in [5, 5.41) is 8.26. The van der Waals surface area contributed by atoms with Crippen LogP contribution in [0.25, 0.3) is 6.08 Å². The molecule has 0 radical (unpaired) electrons. The smallest absolute Gasteiger partial charge is 0.341 e. The van der Waals surface area contributed by atoms with E-state index in [9.17, 15) is 14.4 Å². The second kappa shape index (κ2) is 7.45. The van der Waals surface area contributed by atoms with Gasteiger partial charge in [0, 0.05) is 0 Å². The largest absolute Gasteiger partial charge is 0.482 e. The van der Waals surface area contributed by atoms with Gasteiger partial charge < -0.3 is 9.84 Å². The third kappa shape index (κ3) is 3.94. The maximum absolute atomic E-state index is 12.6. The standard InChI is InChI=1S/C19H15NO5S/c1-12-3-2-4-14(9-12)20-18(23)16(26-19(20)24)10-13-5-7-15(8-6-13)25-11-17(21)22/h2-10H,11H2,1H3,(H,21,22)/b16-10+. The van der Waals surface area contributed by atoms with Crippen molar-refractivity contribution in [3.63, 3.8) is 0 Å².